The van der Waals surface area contributed by atoms with Crippen LogP contribution in [0.25, 0.3) is 0 Å². The molecule has 0 amide bonds. The van der Waals surface area contributed by atoms with E-state index in [-0.39, 0.29) is 6.04 Å². The minimum Gasteiger partial charge on any atom is -0.493 e. The minimum absolute atomic E-state index is 0.0583. The highest BCUT2D eigenvalue weighted by Crippen LogP contribution is 2.25. The molecule has 96 valence electrons. The zero-order chi connectivity index (χ0) is 12.8. The van der Waals surface area contributed by atoms with E-state index in [1.165, 1.54) is 4.88 Å². The molecule has 3 heteroatoms. The van der Waals surface area contributed by atoms with Crippen molar-refractivity contribution < 1.29 is 4.74 Å². The summed E-state index contributed by atoms with van der Waals surface area (Å²) in [4.78, 5) is 1.35. The summed E-state index contributed by atoms with van der Waals surface area (Å²) in [6.45, 7) is 2.79. The molecule has 1 unspecified atom stereocenters. The molecule has 2 nitrogen and oxygen atoms in total. The predicted octanol–water partition coefficient (Wildman–Crippen LogP) is 3.78. The van der Waals surface area contributed by atoms with Crippen molar-refractivity contribution in [3.63, 3.8) is 0 Å². The summed E-state index contributed by atoms with van der Waals surface area (Å²) in [5, 5.41) is 2.09. The lowest BCUT2D eigenvalue weighted by Crippen LogP contribution is -2.11. The van der Waals surface area contributed by atoms with Gasteiger partial charge in [-0.3, -0.25) is 0 Å². The van der Waals surface area contributed by atoms with Gasteiger partial charge in [-0.25, -0.2) is 0 Å². The van der Waals surface area contributed by atoms with E-state index in [1.54, 1.807) is 11.3 Å². The molecule has 1 aromatic heterocycles. The van der Waals surface area contributed by atoms with E-state index < -0.39 is 0 Å². The van der Waals surface area contributed by atoms with E-state index in [0.717, 1.165) is 24.2 Å². The van der Waals surface area contributed by atoms with Crippen LogP contribution >= 0.6 is 11.3 Å². The molecule has 0 radical (unpaired) electrons. The number of hydrogen-bond donors (Lipinski definition) is 1. The summed E-state index contributed by atoms with van der Waals surface area (Å²) in [5.41, 5.74) is 7.19. The number of nitrogens with two attached hydrogens (primary N) is 1. The van der Waals surface area contributed by atoms with Gasteiger partial charge in [0.1, 0.15) is 5.75 Å². The number of thiophene rings is 1. The Labute approximate surface area is 112 Å². The largest absolute Gasteiger partial charge is 0.493 e. The fourth-order valence-corrected chi connectivity index (χ4v) is 2.54. The smallest absolute Gasteiger partial charge is 0.124 e. The Morgan fingerprint density at radius 1 is 1.22 bits per heavy atom. The first-order valence-corrected chi connectivity index (χ1v) is 7.19. The maximum atomic E-state index is 6.08. The average Bonchev–Trinajstić information content (AvgIpc) is 2.92. The second-order valence-corrected chi connectivity index (χ2v) is 5.26. The molecule has 2 rings (SSSR count). The van der Waals surface area contributed by atoms with Crippen molar-refractivity contribution >= 4 is 11.3 Å². The van der Waals surface area contributed by atoms with Crippen molar-refractivity contribution in [2.45, 2.75) is 25.8 Å². The Morgan fingerprint density at radius 2 is 2.06 bits per heavy atom. The molecular formula is C15H19NOS. The molecule has 0 aliphatic carbocycles. The van der Waals surface area contributed by atoms with Crippen LogP contribution in [0.15, 0.2) is 41.8 Å². The molecule has 2 aromatic rings. The third-order valence-corrected chi connectivity index (χ3v) is 3.88. The highest BCUT2D eigenvalue weighted by atomic mass is 32.1. The molecule has 0 aliphatic heterocycles. The fourth-order valence-electron chi connectivity index (χ4n) is 1.85. The van der Waals surface area contributed by atoms with Gasteiger partial charge in [0.15, 0.2) is 0 Å². The minimum atomic E-state index is 0.0583. The molecule has 0 saturated heterocycles. The first-order valence-electron chi connectivity index (χ1n) is 6.31. The van der Waals surface area contributed by atoms with E-state index in [0.29, 0.717) is 6.61 Å². The Hall–Kier alpha value is -1.32. The lowest BCUT2D eigenvalue weighted by molar-refractivity contribution is 0.317. The van der Waals surface area contributed by atoms with Crippen LogP contribution in [-0.4, -0.2) is 6.61 Å². The maximum absolute atomic E-state index is 6.08. The number of para-hydroxylation sites is 1. The quantitative estimate of drug-likeness (QED) is 0.859. The van der Waals surface area contributed by atoms with Crippen LogP contribution in [0.1, 0.15) is 29.8 Å². The summed E-state index contributed by atoms with van der Waals surface area (Å²) in [7, 11) is 0. The van der Waals surface area contributed by atoms with Gasteiger partial charge >= 0.3 is 0 Å². The molecule has 0 saturated carbocycles. The third kappa shape index (κ3) is 3.34. The third-order valence-electron chi connectivity index (χ3n) is 2.94. The highest BCUT2D eigenvalue weighted by molar-refractivity contribution is 7.09. The van der Waals surface area contributed by atoms with Crippen molar-refractivity contribution in [3.8, 4) is 5.75 Å². The molecule has 1 atom stereocenters. The normalized spacial score (nSPS) is 12.3. The molecule has 1 heterocycles. The maximum Gasteiger partial charge on any atom is 0.124 e. The lowest BCUT2D eigenvalue weighted by Gasteiger charge is -2.15. The molecule has 0 fully saturated rings. The summed E-state index contributed by atoms with van der Waals surface area (Å²) in [6, 6.07) is 12.3. The Kier molecular flexibility index (Phi) is 4.79. The van der Waals surface area contributed by atoms with Crippen LogP contribution in [-0.2, 0) is 6.42 Å². The lowest BCUT2D eigenvalue weighted by atomic mass is 10.0. The average molecular weight is 261 g/mol. The van der Waals surface area contributed by atoms with E-state index in [2.05, 4.69) is 30.5 Å². The summed E-state index contributed by atoms with van der Waals surface area (Å²) < 4.78 is 5.86. The van der Waals surface area contributed by atoms with Crippen LogP contribution in [0.3, 0.4) is 0 Å². The van der Waals surface area contributed by atoms with Gasteiger partial charge in [0.05, 0.1) is 6.61 Å². The van der Waals surface area contributed by atoms with Crippen molar-refractivity contribution in [2.75, 3.05) is 6.61 Å². The number of ether oxygens (including phenoxy) is 1. The highest BCUT2D eigenvalue weighted by Gasteiger charge is 2.09. The first-order chi connectivity index (χ1) is 8.81. The monoisotopic (exact) mass is 261 g/mol. The van der Waals surface area contributed by atoms with E-state index in [1.807, 2.05) is 18.2 Å². The summed E-state index contributed by atoms with van der Waals surface area (Å²) >= 11 is 1.77. The van der Waals surface area contributed by atoms with Crippen LogP contribution in [0.4, 0.5) is 0 Å². The second-order valence-electron chi connectivity index (χ2n) is 4.23. The van der Waals surface area contributed by atoms with Crippen molar-refractivity contribution in [3.05, 3.63) is 52.2 Å². The Bertz CT molecular complexity index is 467. The SMILES string of the molecule is CCC(N)c1ccccc1OCCc1cccs1. The Balaban J connectivity index is 1.96. The van der Waals surface area contributed by atoms with Crippen LogP contribution < -0.4 is 10.5 Å². The molecule has 0 spiro atoms. The van der Waals surface area contributed by atoms with Gasteiger partial charge in [0.25, 0.3) is 0 Å². The fraction of sp³-hybridized carbons (Fsp3) is 0.333. The van der Waals surface area contributed by atoms with Gasteiger partial charge < -0.3 is 10.5 Å². The van der Waals surface area contributed by atoms with Gasteiger partial charge in [0.2, 0.25) is 0 Å². The van der Waals surface area contributed by atoms with Crippen molar-refractivity contribution in [2.24, 2.45) is 5.73 Å². The zero-order valence-electron chi connectivity index (χ0n) is 10.6. The topological polar surface area (TPSA) is 35.2 Å². The second kappa shape index (κ2) is 6.57. The number of hydrogen-bond acceptors (Lipinski definition) is 3. The van der Waals surface area contributed by atoms with Gasteiger partial charge in [-0.05, 0) is 23.9 Å². The van der Waals surface area contributed by atoms with Gasteiger partial charge in [0, 0.05) is 22.9 Å². The zero-order valence-corrected chi connectivity index (χ0v) is 11.5. The predicted molar refractivity (Wildman–Crippen MR) is 77.2 cm³/mol. The molecule has 2 N–H and O–H groups in total. The molecule has 18 heavy (non-hydrogen) atoms. The standard InChI is InChI=1S/C15H19NOS/c1-2-14(16)13-7-3-4-8-15(13)17-10-9-12-6-5-11-18-12/h3-8,11,14H,2,9-10,16H2,1H3. The van der Waals surface area contributed by atoms with Crippen LogP contribution in [0, 0.1) is 0 Å². The molecule has 0 bridgehead atoms. The van der Waals surface area contributed by atoms with E-state index >= 15 is 0 Å². The van der Waals surface area contributed by atoms with Gasteiger partial charge in [-0.2, -0.15) is 0 Å². The molecule has 0 aliphatic rings. The molecular weight excluding hydrogens is 242 g/mol. The number of rotatable bonds is 6. The van der Waals surface area contributed by atoms with E-state index in [9.17, 15) is 0 Å². The van der Waals surface area contributed by atoms with Crippen molar-refractivity contribution in [1.29, 1.82) is 0 Å². The van der Waals surface area contributed by atoms with Crippen molar-refractivity contribution in [1.82, 2.24) is 0 Å². The molecule has 1 aromatic carbocycles. The summed E-state index contributed by atoms with van der Waals surface area (Å²) in [5.74, 6) is 0.920. The van der Waals surface area contributed by atoms with E-state index in [4.69, 9.17) is 10.5 Å². The van der Waals surface area contributed by atoms with Gasteiger partial charge in [-0.1, -0.05) is 31.2 Å². The Morgan fingerprint density at radius 3 is 2.78 bits per heavy atom. The van der Waals surface area contributed by atoms with Crippen LogP contribution in [0.5, 0.6) is 5.75 Å². The van der Waals surface area contributed by atoms with Gasteiger partial charge in [-0.15, -0.1) is 11.3 Å². The first kappa shape index (κ1) is 13.1. The summed E-state index contributed by atoms with van der Waals surface area (Å²) in [6.07, 6.45) is 1.87. The van der Waals surface area contributed by atoms with Crippen LogP contribution in [0.2, 0.25) is 0 Å². The number of benzene rings is 1.